The van der Waals surface area contributed by atoms with Crippen molar-refractivity contribution in [1.29, 1.82) is 0 Å². The van der Waals surface area contributed by atoms with Crippen LogP contribution in [-0.4, -0.2) is 32.9 Å². The average molecular weight is 368 g/mol. The number of hydrogen-bond acceptors (Lipinski definition) is 5. The van der Waals surface area contributed by atoms with E-state index in [0.29, 0.717) is 17.1 Å². The lowest BCUT2D eigenvalue weighted by atomic mass is 10.1. The molecule has 122 valence electrons. The second-order valence-corrected chi connectivity index (χ2v) is 8.81. The van der Waals surface area contributed by atoms with Crippen molar-refractivity contribution in [2.75, 3.05) is 22.6 Å². The Labute approximate surface area is 146 Å². The van der Waals surface area contributed by atoms with Gasteiger partial charge in [0, 0.05) is 0 Å². The van der Waals surface area contributed by atoms with E-state index in [-0.39, 0.29) is 22.8 Å². The highest BCUT2D eigenvalue weighted by Crippen LogP contribution is 2.41. The highest BCUT2D eigenvalue weighted by molar-refractivity contribution is 8.00. The lowest BCUT2D eigenvalue weighted by molar-refractivity contribution is -0.113. The van der Waals surface area contributed by atoms with Crippen LogP contribution in [0.15, 0.2) is 21.6 Å². The van der Waals surface area contributed by atoms with Crippen LogP contribution in [0.5, 0.6) is 0 Å². The van der Waals surface area contributed by atoms with Gasteiger partial charge in [-0.1, -0.05) is 0 Å². The maximum atomic E-state index is 12.6. The SMILES string of the molecule is O=C1CS[C@H](c2ccsc2)c2c(n(C3CCSCC3)[nH]c2=O)N1. The fourth-order valence-corrected chi connectivity index (χ4v) is 6.12. The number of anilines is 1. The van der Waals surface area contributed by atoms with E-state index < -0.39 is 0 Å². The third kappa shape index (κ3) is 2.88. The van der Waals surface area contributed by atoms with E-state index in [1.807, 2.05) is 27.9 Å². The molecule has 0 aliphatic carbocycles. The number of amides is 1. The standard InChI is InChI=1S/C15H17N3O2S3/c19-11-8-23-13(9-1-4-22-7-9)12-14(16-11)18(17-15(12)20)10-2-5-21-6-3-10/h1,4,7,10,13H,2-3,5-6,8H2,(H,16,19)(H,17,20)/t13-/m1/s1. The highest BCUT2D eigenvalue weighted by Gasteiger charge is 2.32. The Bertz CT molecular complexity index is 760. The molecule has 0 unspecified atom stereocenters. The molecule has 1 saturated heterocycles. The molecular formula is C15H17N3O2S3. The van der Waals surface area contributed by atoms with Crippen molar-refractivity contribution >= 4 is 46.6 Å². The van der Waals surface area contributed by atoms with Gasteiger partial charge in [-0.3, -0.25) is 19.4 Å². The predicted octanol–water partition coefficient (Wildman–Crippen LogP) is 3.08. The summed E-state index contributed by atoms with van der Waals surface area (Å²) in [5.41, 5.74) is 1.71. The zero-order valence-electron chi connectivity index (χ0n) is 12.4. The van der Waals surface area contributed by atoms with Crippen molar-refractivity contribution < 1.29 is 4.79 Å². The summed E-state index contributed by atoms with van der Waals surface area (Å²) < 4.78 is 1.92. The van der Waals surface area contributed by atoms with Crippen molar-refractivity contribution in [2.45, 2.75) is 24.1 Å². The Morgan fingerprint density at radius 3 is 2.78 bits per heavy atom. The molecule has 2 N–H and O–H groups in total. The molecule has 5 nitrogen and oxygen atoms in total. The number of nitrogens with zero attached hydrogens (tertiary/aromatic N) is 1. The molecule has 2 aliphatic heterocycles. The van der Waals surface area contributed by atoms with Crippen LogP contribution in [0.2, 0.25) is 0 Å². The number of aromatic amines is 1. The van der Waals surface area contributed by atoms with E-state index in [1.165, 1.54) is 11.8 Å². The first-order chi connectivity index (χ1) is 11.2. The van der Waals surface area contributed by atoms with Crippen molar-refractivity contribution in [3.8, 4) is 0 Å². The van der Waals surface area contributed by atoms with Crippen LogP contribution in [0, 0.1) is 0 Å². The van der Waals surface area contributed by atoms with Crippen molar-refractivity contribution in [3.63, 3.8) is 0 Å². The predicted molar refractivity (Wildman–Crippen MR) is 97.9 cm³/mol. The van der Waals surface area contributed by atoms with Crippen LogP contribution < -0.4 is 10.9 Å². The first-order valence-corrected chi connectivity index (χ1v) is 10.7. The number of hydrogen-bond donors (Lipinski definition) is 2. The van der Waals surface area contributed by atoms with Gasteiger partial charge < -0.3 is 5.32 Å². The van der Waals surface area contributed by atoms with Crippen LogP contribution in [-0.2, 0) is 4.79 Å². The Hall–Kier alpha value is -1.12. The van der Waals surface area contributed by atoms with E-state index in [1.54, 1.807) is 11.3 Å². The number of H-pyrrole nitrogens is 1. The summed E-state index contributed by atoms with van der Waals surface area (Å²) in [5, 5.41) is 9.95. The van der Waals surface area contributed by atoms with Gasteiger partial charge in [0.15, 0.2) is 0 Å². The molecule has 1 fully saturated rings. The molecule has 0 radical (unpaired) electrons. The summed E-state index contributed by atoms with van der Waals surface area (Å²) in [6, 6.07) is 2.30. The van der Waals surface area contributed by atoms with Crippen molar-refractivity contribution in [2.24, 2.45) is 0 Å². The van der Waals surface area contributed by atoms with Crippen molar-refractivity contribution in [1.82, 2.24) is 9.78 Å². The molecule has 4 rings (SSSR count). The van der Waals surface area contributed by atoms with Gasteiger partial charge in [0.05, 0.1) is 22.6 Å². The number of fused-ring (bicyclic) bond motifs is 1. The first-order valence-electron chi connectivity index (χ1n) is 7.59. The van der Waals surface area contributed by atoms with Gasteiger partial charge in [0.2, 0.25) is 5.91 Å². The van der Waals surface area contributed by atoms with Gasteiger partial charge in [-0.05, 0) is 46.7 Å². The van der Waals surface area contributed by atoms with Gasteiger partial charge in [-0.15, -0.1) is 11.8 Å². The third-order valence-corrected chi connectivity index (χ3v) is 7.29. The summed E-state index contributed by atoms with van der Waals surface area (Å²) in [4.78, 5) is 24.8. The molecule has 0 spiro atoms. The molecule has 0 aromatic carbocycles. The van der Waals surface area contributed by atoms with Crippen LogP contribution in [0.4, 0.5) is 5.82 Å². The molecule has 0 bridgehead atoms. The molecule has 1 atom stereocenters. The van der Waals surface area contributed by atoms with E-state index in [9.17, 15) is 9.59 Å². The minimum Gasteiger partial charge on any atom is -0.310 e. The quantitative estimate of drug-likeness (QED) is 0.856. The Morgan fingerprint density at radius 2 is 2.04 bits per heavy atom. The van der Waals surface area contributed by atoms with Gasteiger partial charge in [-0.25, -0.2) is 0 Å². The third-order valence-electron chi connectivity index (χ3n) is 4.27. The Kier molecular flexibility index (Phi) is 4.29. The van der Waals surface area contributed by atoms with Gasteiger partial charge in [0.25, 0.3) is 5.56 Å². The highest BCUT2D eigenvalue weighted by atomic mass is 32.2. The fourth-order valence-electron chi connectivity index (χ4n) is 3.15. The molecule has 4 heterocycles. The summed E-state index contributed by atoms with van der Waals surface area (Å²) in [7, 11) is 0. The maximum Gasteiger partial charge on any atom is 0.270 e. The lowest BCUT2D eigenvalue weighted by Gasteiger charge is -2.24. The Balaban J connectivity index is 1.82. The molecule has 8 heteroatoms. The topological polar surface area (TPSA) is 66.9 Å². The van der Waals surface area contributed by atoms with Crippen molar-refractivity contribution in [3.05, 3.63) is 38.3 Å². The number of thioether (sulfide) groups is 2. The van der Waals surface area contributed by atoms with Crippen LogP contribution in [0.1, 0.15) is 35.3 Å². The normalized spacial score (nSPS) is 22.4. The minimum absolute atomic E-state index is 0.0353. The zero-order chi connectivity index (χ0) is 15.8. The molecule has 2 aromatic rings. The number of thiophene rings is 1. The monoisotopic (exact) mass is 367 g/mol. The second-order valence-electron chi connectivity index (χ2n) is 5.71. The summed E-state index contributed by atoms with van der Waals surface area (Å²) in [6.45, 7) is 0. The van der Waals surface area contributed by atoms with Gasteiger partial charge in [-0.2, -0.15) is 23.1 Å². The number of aromatic nitrogens is 2. The van der Waals surface area contributed by atoms with Gasteiger partial charge >= 0.3 is 0 Å². The van der Waals surface area contributed by atoms with E-state index in [4.69, 9.17) is 0 Å². The summed E-state index contributed by atoms with van der Waals surface area (Å²) in [6.07, 6.45) is 2.04. The largest absolute Gasteiger partial charge is 0.310 e. The van der Waals surface area contributed by atoms with Crippen LogP contribution in [0.25, 0.3) is 0 Å². The molecule has 2 aromatic heterocycles. The minimum atomic E-state index is -0.0850. The molecule has 2 aliphatic rings. The molecule has 1 amide bonds. The number of rotatable bonds is 2. The average Bonchev–Trinajstić information content (AvgIpc) is 3.15. The van der Waals surface area contributed by atoms with E-state index >= 15 is 0 Å². The van der Waals surface area contributed by atoms with E-state index in [0.717, 1.165) is 29.9 Å². The molecule has 23 heavy (non-hydrogen) atoms. The zero-order valence-corrected chi connectivity index (χ0v) is 14.9. The second kappa shape index (κ2) is 6.41. The number of carbonyl (C=O) groups is 1. The molecule has 0 saturated carbocycles. The first kappa shape index (κ1) is 15.4. The fraction of sp³-hybridized carbons (Fsp3) is 0.467. The molecular weight excluding hydrogens is 350 g/mol. The summed E-state index contributed by atoms with van der Waals surface area (Å²) in [5.74, 6) is 3.20. The number of carbonyl (C=O) groups excluding carboxylic acids is 1. The van der Waals surface area contributed by atoms with Crippen LogP contribution in [0.3, 0.4) is 0 Å². The Morgan fingerprint density at radius 1 is 1.22 bits per heavy atom. The van der Waals surface area contributed by atoms with Crippen LogP contribution >= 0.6 is 34.9 Å². The maximum absolute atomic E-state index is 12.6. The number of nitrogens with one attached hydrogen (secondary N) is 2. The smallest absolute Gasteiger partial charge is 0.270 e. The van der Waals surface area contributed by atoms with Gasteiger partial charge in [0.1, 0.15) is 5.82 Å². The van der Waals surface area contributed by atoms with E-state index in [2.05, 4.69) is 15.8 Å². The summed E-state index contributed by atoms with van der Waals surface area (Å²) >= 11 is 5.08. The lowest BCUT2D eigenvalue weighted by Crippen LogP contribution is -2.22.